The zero-order valence-electron chi connectivity index (χ0n) is 15.8. The monoisotopic (exact) mass is 345 g/mol. The third-order valence-electron chi connectivity index (χ3n) is 5.77. The van der Waals surface area contributed by atoms with E-state index in [1.54, 1.807) is 0 Å². The molecule has 2 heterocycles. The van der Waals surface area contributed by atoms with Gasteiger partial charge in [-0.25, -0.2) is 0 Å². The van der Waals surface area contributed by atoms with Crippen molar-refractivity contribution in [3.63, 3.8) is 0 Å². The van der Waals surface area contributed by atoms with E-state index in [2.05, 4.69) is 46.3 Å². The summed E-state index contributed by atoms with van der Waals surface area (Å²) < 4.78 is 0. The van der Waals surface area contributed by atoms with Gasteiger partial charge in [0.05, 0.1) is 6.10 Å². The Morgan fingerprint density at radius 3 is 2.40 bits per heavy atom. The quantitative estimate of drug-likeness (QED) is 0.710. The van der Waals surface area contributed by atoms with Crippen LogP contribution >= 0.6 is 0 Å². The molecule has 1 aromatic rings. The minimum Gasteiger partial charge on any atom is -0.393 e. The molecule has 0 spiro atoms. The minimum absolute atomic E-state index is 0.106. The molecular weight excluding hydrogens is 310 g/mol. The van der Waals surface area contributed by atoms with Gasteiger partial charge < -0.3 is 20.2 Å². The van der Waals surface area contributed by atoms with Crippen molar-refractivity contribution in [2.45, 2.75) is 57.6 Å². The number of unbranched alkanes of at least 4 members (excludes halogenated alkanes) is 1. The largest absolute Gasteiger partial charge is 0.393 e. The van der Waals surface area contributed by atoms with E-state index in [1.165, 1.54) is 56.6 Å². The molecule has 2 aliphatic rings. The molecule has 4 nitrogen and oxygen atoms in total. The van der Waals surface area contributed by atoms with Crippen molar-refractivity contribution in [1.82, 2.24) is 10.2 Å². The summed E-state index contributed by atoms with van der Waals surface area (Å²) in [5.41, 5.74) is 2.65. The lowest BCUT2D eigenvalue weighted by Gasteiger charge is -2.31. The van der Waals surface area contributed by atoms with Crippen LogP contribution in [0.25, 0.3) is 0 Å². The van der Waals surface area contributed by atoms with E-state index in [1.807, 2.05) is 0 Å². The Morgan fingerprint density at radius 1 is 1.04 bits per heavy atom. The van der Waals surface area contributed by atoms with Gasteiger partial charge in [0.2, 0.25) is 0 Å². The molecule has 2 saturated heterocycles. The van der Waals surface area contributed by atoms with Crippen LogP contribution < -0.4 is 10.2 Å². The first-order chi connectivity index (χ1) is 12.2. The molecule has 0 radical (unpaired) electrons. The van der Waals surface area contributed by atoms with Crippen LogP contribution in [0.3, 0.4) is 0 Å². The number of nitrogens with one attached hydrogen (secondary N) is 1. The number of piperidine rings is 1. The number of rotatable bonds is 8. The van der Waals surface area contributed by atoms with Crippen molar-refractivity contribution in [1.29, 1.82) is 0 Å². The number of hydrogen-bond acceptors (Lipinski definition) is 4. The molecule has 1 unspecified atom stereocenters. The first kappa shape index (κ1) is 18.7. The number of nitrogens with zero attached hydrogens (tertiary/aromatic N) is 2. The maximum Gasteiger partial charge on any atom is 0.0574 e. The predicted octanol–water partition coefficient (Wildman–Crippen LogP) is 3.17. The van der Waals surface area contributed by atoms with Gasteiger partial charge in [-0.15, -0.1) is 0 Å². The van der Waals surface area contributed by atoms with Gasteiger partial charge in [-0.05, 0) is 89.3 Å². The predicted molar refractivity (Wildman–Crippen MR) is 105 cm³/mol. The Morgan fingerprint density at radius 2 is 1.72 bits per heavy atom. The van der Waals surface area contributed by atoms with Crippen molar-refractivity contribution >= 4 is 5.69 Å². The molecule has 4 heteroatoms. The highest BCUT2D eigenvalue weighted by atomic mass is 16.3. The highest BCUT2D eigenvalue weighted by Gasteiger charge is 2.17. The summed E-state index contributed by atoms with van der Waals surface area (Å²) in [4.78, 5) is 4.98. The fourth-order valence-corrected chi connectivity index (χ4v) is 4.00. The van der Waals surface area contributed by atoms with Crippen molar-refractivity contribution in [3.05, 3.63) is 29.8 Å². The first-order valence-electron chi connectivity index (χ1n) is 10.2. The van der Waals surface area contributed by atoms with Gasteiger partial charge in [-0.2, -0.15) is 0 Å². The Balaban J connectivity index is 1.36. The highest BCUT2D eigenvalue weighted by Crippen LogP contribution is 2.22. The summed E-state index contributed by atoms with van der Waals surface area (Å²) in [5, 5.41) is 13.3. The van der Waals surface area contributed by atoms with Crippen LogP contribution in [0.5, 0.6) is 0 Å². The SMILES string of the molecule is CC(NCCCCN1CCCC1)c1ccc(N2CCC(O)CC2)cc1. The zero-order chi connectivity index (χ0) is 17.5. The standard InChI is InChI=1S/C21H35N3O/c1-18(22-12-2-3-13-23-14-4-5-15-23)19-6-8-20(9-7-19)24-16-10-21(25)11-17-24/h6-9,18,21-22,25H,2-5,10-17H2,1H3. The average Bonchev–Trinajstić information content (AvgIpc) is 3.15. The van der Waals surface area contributed by atoms with E-state index < -0.39 is 0 Å². The van der Waals surface area contributed by atoms with Gasteiger partial charge in [0.15, 0.2) is 0 Å². The van der Waals surface area contributed by atoms with Crippen molar-refractivity contribution < 1.29 is 5.11 Å². The molecule has 0 aromatic heterocycles. The summed E-state index contributed by atoms with van der Waals surface area (Å²) in [6.45, 7) is 9.18. The van der Waals surface area contributed by atoms with Crippen LogP contribution in [0.4, 0.5) is 5.69 Å². The molecule has 0 saturated carbocycles. The molecule has 2 N–H and O–H groups in total. The third-order valence-corrected chi connectivity index (χ3v) is 5.77. The molecule has 3 rings (SSSR count). The van der Waals surface area contributed by atoms with Crippen LogP contribution in [0.2, 0.25) is 0 Å². The maximum absolute atomic E-state index is 9.64. The van der Waals surface area contributed by atoms with Crippen LogP contribution in [0, 0.1) is 0 Å². The van der Waals surface area contributed by atoms with Crippen molar-refractivity contribution in [2.24, 2.45) is 0 Å². The molecule has 2 fully saturated rings. The lowest BCUT2D eigenvalue weighted by atomic mass is 10.0. The molecule has 0 aliphatic carbocycles. The molecule has 2 aliphatic heterocycles. The number of aliphatic hydroxyl groups excluding tert-OH is 1. The van der Waals surface area contributed by atoms with Crippen LogP contribution in [0.1, 0.15) is 57.1 Å². The Bertz CT molecular complexity index is 490. The van der Waals surface area contributed by atoms with Gasteiger partial charge in [0, 0.05) is 24.8 Å². The molecule has 1 aromatic carbocycles. The summed E-state index contributed by atoms with van der Waals surface area (Å²) in [5.74, 6) is 0. The molecule has 0 bridgehead atoms. The lowest BCUT2D eigenvalue weighted by Crippen LogP contribution is -2.35. The van der Waals surface area contributed by atoms with Crippen LogP contribution in [0.15, 0.2) is 24.3 Å². The Hall–Kier alpha value is -1.10. The van der Waals surface area contributed by atoms with E-state index in [0.29, 0.717) is 6.04 Å². The van der Waals surface area contributed by atoms with Gasteiger partial charge in [0.1, 0.15) is 0 Å². The fraction of sp³-hybridized carbons (Fsp3) is 0.714. The number of aliphatic hydroxyl groups is 1. The van der Waals surface area contributed by atoms with E-state index in [0.717, 1.165) is 32.5 Å². The zero-order valence-corrected chi connectivity index (χ0v) is 15.8. The van der Waals surface area contributed by atoms with Crippen molar-refractivity contribution in [3.8, 4) is 0 Å². The minimum atomic E-state index is -0.106. The molecule has 1 atom stereocenters. The van der Waals surface area contributed by atoms with E-state index >= 15 is 0 Å². The average molecular weight is 346 g/mol. The van der Waals surface area contributed by atoms with E-state index in [4.69, 9.17) is 0 Å². The fourth-order valence-electron chi connectivity index (χ4n) is 4.00. The summed E-state index contributed by atoms with van der Waals surface area (Å²) in [6, 6.07) is 9.38. The second-order valence-electron chi connectivity index (χ2n) is 7.74. The van der Waals surface area contributed by atoms with E-state index in [9.17, 15) is 5.11 Å². The van der Waals surface area contributed by atoms with Crippen molar-refractivity contribution in [2.75, 3.05) is 44.2 Å². The first-order valence-corrected chi connectivity index (χ1v) is 10.2. The van der Waals surface area contributed by atoms with Crippen LogP contribution in [-0.4, -0.2) is 55.4 Å². The number of anilines is 1. The Kier molecular flexibility index (Phi) is 7.14. The summed E-state index contributed by atoms with van der Waals surface area (Å²) in [6.07, 6.45) is 7.01. The molecular formula is C21H35N3O. The van der Waals surface area contributed by atoms with E-state index in [-0.39, 0.29) is 6.10 Å². The lowest BCUT2D eigenvalue weighted by molar-refractivity contribution is 0.145. The maximum atomic E-state index is 9.64. The third kappa shape index (κ3) is 5.70. The van der Waals surface area contributed by atoms with Gasteiger partial charge in [-0.1, -0.05) is 12.1 Å². The van der Waals surface area contributed by atoms with Gasteiger partial charge in [0.25, 0.3) is 0 Å². The number of hydrogen-bond donors (Lipinski definition) is 2. The smallest absolute Gasteiger partial charge is 0.0574 e. The Labute approximate surface area is 153 Å². The van der Waals surface area contributed by atoms with Crippen LogP contribution in [-0.2, 0) is 0 Å². The topological polar surface area (TPSA) is 38.7 Å². The van der Waals surface area contributed by atoms with Gasteiger partial charge >= 0.3 is 0 Å². The summed E-state index contributed by atoms with van der Waals surface area (Å²) in [7, 11) is 0. The molecule has 140 valence electrons. The molecule has 0 amide bonds. The second kappa shape index (κ2) is 9.56. The highest BCUT2D eigenvalue weighted by molar-refractivity contribution is 5.48. The van der Waals surface area contributed by atoms with Gasteiger partial charge in [-0.3, -0.25) is 0 Å². The normalized spacial score (nSPS) is 21.0. The number of benzene rings is 1. The molecule has 25 heavy (non-hydrogen) atoms. The summed E-state index contributed by atoms with van der Waals surface area (Å²) >= 11 is 0. The second-order valence-corrected chi connectivity index (χ2v) is 7.74. The number of likely N-dealkylation sites (tertiary alicyclic amines) is 1.